The number of aryl methyl sites for hydroxylation is 1. The van der Waals surface area contributed by atoms with E-state index in [0.29, 0.717) is 29.4 Å². The van der Waals surface area contributed by atoms with Crippen LogP contribution in [0.4, 0.5) is 0 Å². The average molecular weight is 449 g/mol. The maximum Gasteiger partial charge on any atom is 0.243 e. The van der Waals surface area contributed by atoms with Crippen LogP contribution in [-0.2, 0) is 22.6 Å². The number of halogens is 2. The van der Waals surface area contributed by atoms with Crippen molar-refractivity contribution < 1.29 is 9.59 Å². The van der Waals surface area contributed by atoms with Crippen LogP contribution < -0.4 is 5.32 Å². The first-order valence-electron chi connectivity index (χ1n) is 10.2. The van der Waals surface area contributed by atoms with Crippen molar-refractivity contribution >= 4 is 35.0 Å². The second-order valence-electron chi connectivity index (χ2n) is 8.40. The Labute approximate surface area is 189 Å². The van der Waals surface area contributed by atoms with Crippen LogP contribution in [0.15, 0.2) is 48.5 Å². The van der Waals surface area contributed by atoms with Gasteiger partial charge in [0.25, 0.3) is 0 Å². The first kappa shape index (κ1) is 24.2. The number of hydrogen-bond acceptors (Lipinski definition) is 2. The van der Waals surface area contributed by atoms with Gasteiger partial charge in [-0.2, -0.15) is 0 Å². The zero-order valence-electron chi connectivity index (χ0n) is 18.0. The Bertz CT molecular complexity index is 860. The molecule has 1 N–H and O–H groups in total. The minimum absolute atomic E-state index is 0.0826. The molecule has 2 aromatic carbocycles. The molecule has 0 aliphatic rings. The summed E-state index contributed by atoms with van der Waals surface area (Å²) in [4.78, 5) is 27.9. The summed E-state index contributed by atoms with van der Waals surface area (Å²) in [6.07, 6.45) is 1.32. The fraction of sp³-hybridized carbons (Fsp3) is 0.417. The lowest BCUT2D eigenvalue weighted by Crippen LogP contribution is -2.53. The molecule has 0 bridgehead atoms. The first-order chi connectivity index (χ1) is 14.1. The third-order valence-electron chi connectivity index (χ3n) is 4.72. The summed E-state index contributed by atoms with van der Waals surface area (Å²) in [7, 11) is 0. The van der Waals surface area contributed by atoms with Crippen LogP contribution in [-0.4, -0.2) is 28.3 Å². The Kier molecular flexibility index (Phi) is 8.75. The molecule has 2 rings (SSSR count). The van der Waals surface area contributed by atoms with Gasteiger partial charge in [0.1, 0.15) is 6.04 Å². The van der Waals surface area contributed by atoms with Gasteiger partial charge in [-0.3, -0.25) is 9.59 Å². The maximum absolute atomic E-state index is 13.2. The number of hydrogen-bond donors (Lipinski definition) is 1. The van der Waals surface area contributed by atoms with E-state index in [9.17, 15) is 9.59 Å². The Morgan fingerprint density at radius 2 is 1.67 bits per heavy atom. The van der Waals surface area contributed by atoms with Crippen molar-refractivity contribution in [1.29, 1.82) is 0 Å². The number of carbonyl (C=O) groups excluding carboxylic acids is 2. The molecule has 0 aliphatic heterocycles. The van der Waals surface area contributed by atoms with Crippen LogP contribution in [0.25, 0.3) is 0 Å². The lowest BCUT2D eigenvalue weighted by atomic mass is 10.0. The molecule has 0 saturated heterocycles. The van der Waals surface area contributed by atoms with Crippen LogP contribution in [0, 0.1) is 0 Å². The molecule has 30 heavy (non-hydrogen) atoms. The average Bonchev–Trinajstić information content (AvgIpc) is 2.67. The molecular weight excluding hydrogens is 419 g/mol. The Morgan fingerprint density at radius 3 is 2.23 bits per heavy atom. The Balaban J connectivity index is 2.24. The van der Waals surface area contributed by atoms with Crippen LogP contribution in [0.5, 0.6) is 0 Å². The highest BCUT2D eigenvalue weighted by Gasteiger charge is 2.30. The lowest BCUT2D eigenvalue weighted by Gasteiger charge is -2.33. The van der Waals surface area contributed by atoms with Gasteiger partial charge in [0.05, 0.1) is 0 Å². The topological polar surface area (TPSA) is 49.4 Å². The highest BCUT2D eigenvalue weighted by molar-refractivity contribution is 6.31. The third kappa shape index (κ3) is 7.33. The number of nitrogens with one attached hydrogen (secondary N) is 1. The molecule has 1 atom stereocenters. The summed E-state index contributed by atoms with van der Waals surface area (Å²) >= 11 is 12.2. The summed E-state index contributed by atoms with van der Waals surface area (Å²) in [5.41, 5.74) is 1.47. The quantitative estimate of drug-likeness (QED) is 0.566. The van der Waals surface area contributed by atoms with Gasteiger partial charge in [-0.25, -0.2) is 0 Å². The van der Waals surface area contributed by atoms with Crippen molar-refractivity contribution in [3.8, 4) is 0 Å². The minimum Gasteiger partial charge on any atom is -0.350 e. The van der Waals surface area contributed by atoms with E-state index < -0.39 is 6.04 Å². The number of benzene rings is 2. The zero-order chi connectivity index (χ0) is 22.3. The van der Waals surface area contributed by atoms with E-state index in [2.05, 4.69) is 5.32 Å². The highest BCUT2D eigenvalue weighted by atomic mass is 35.5. The summed E-state index contributed by atoms with van der Waals surface area (Å²) in [6, 6.07) is 14.3. The number of amides is 2. The molecule has 2 amide bonds. The minimum atomic E-state index is -0.557. The van der Waals surface area contributed by atoms with Gasteiger partial charge in [-0.05, 0) is 62.9 Å². The van der Waals surface area contributed by atoms with Gasteiger partial charge in [0.15, 0.2) is 0 Å². The Hall–Kier alpha value is -2.04. The molecule has 6 heteroatoms. The molecule has 162 valence electrons. The van der Waals surface area contributed by atoms with Gasteiger partial charge in [0, 0.05) is 28.5 Å². The second kappa shape index (κ2) is 10.8. The van der Waals surface area contributed by atoms with Crippen LogP contribution in [0.3, 0.4) is 0 Å². The summed E-state index contributed by atoms with van der Waals surface area (Å²) in [6.45, 7) is 8.05. The molecule has 0 saturated carbocycles. The predicted molar refractivity (Wildman–Crippen MR) is 124 cm³/mol. The SMILES string of the molecule is CCC(C(=O)NC(C)(C)C)N(Cc1ccc(Cl)cc1)C(=O)CCc1ccccc1Cl. The molecule has 0 aliphatic carbocycles. The summed E-state index contributed by atoms with van der Waals surface area (Å²) in [5.74, 6) is -0.231. The molecule has 0 fully saturated rings. The zero-order valence-corrected chi connectivity index (χ0v) is 19.6. The van der Waals surface area contributed by atoms with Crippen molar-refractivity contribution in [1.82, 2.24) is 10.2 Å². The van der Waals surface area contributed by atoms with Crippen LogP contribution in [0.1, 0.15) is 51.7 Å². The molecular formula is C24H30Cl2N2O2. The van der Waals surface area contributed by atoms with E-state index in [0.717, 1.165) is 11.1 Å². The van der Waals surface area contributed by atoms with E-state index in [-0.39, 0.29) is 23.8 Å². The van der Waals surface area contributed by atoms with Crippen molar-refractivity contribution in [3.63, 3.8) is 0 Å². The molecule has 0 radical (unpaired) electrons. The molecule has 0 heterocycles. The largest absolute Gasteiger partial charge is 0.350 e. The fourth-order valence-electron chi connectivity index (χ4n) is 3.25. The molecule has 0 aromatic heterocycles. The third-order valence-corrected chi connectivity index (χ3v) is 5.34. The lowest BCUT2D eigenvalue weighted by molar-refractivity contribution is -0.142. The number of carbonyl (C=O) groups is 2. The summed E-state index contributed by atoms with van der Waals surface area (Å²) in [5, 5.41) is 4.29. The number of nitrogens with zero attached hydrogens (tertiary/aromatic N) is 1. The van der Waals surface area contributed by atoms with Crippen LogP contribution >= 0.6 is 23.2 Å². The smallest absolute Gasteiger partial charge is 0.243 e. The van der Waals surface area contributed by atoms with E-state index in [1.807, 2.05) is 64.1 Å². The van der Waals surface area contributed by atoms with Gasteiger partial charge in [-0.15, -0.1) is 0 Å². The standard InChI is InChI=1S/C24H30Cl2N2O2/c1-5-21(23(30)27-24(2,3)4)28(16-17-10-13-19(25)14-11-17)22(29)15-12-18-8-6-7-9-20(18)26/h6-11,13-14,21H,5,12,15-16H2,1-4H3,(H,27,30). The number of rotatable bonds is 8. The monoisotopic (exact) mass is 448 g/mol. The predicted octanol–water partition coefficient (Wildman–Crippen LogP) is 5.65. The molecule has 2 aromatic rings. The van der Waals surface area contributed by atoms with Crippen molar-refractivity contribution in [3.05, 3.63) is 69.7 Å². The second-order valence-corrected chi connectivity index (χ2v) is 9.25. The first-order valence-corrected chi connectivity index (χ1v) is 11.0. The fourth-order valence-corrected chi connectivity index (χ4v) is 3.60. The van der Waals surface area contributed by atoms with Gasteiger partial charge in [-0.1, -0.05) is 60.5 Å². The van der Waals surface area contributed by atoms with Crippen LogP contribution in [0.2, 0.25) is 10.0 Å². The normalized spacial score (nSPS) is 12.3. The van der Waals surface area contributed by atoms with Crippen molar-refractivity contribution in [2.45, 2.75) is 65.1 Å². The van der Waals surface area contributed by atoms with Crippen molar-refractivity contribution in [2.75, 3.05) is 0 Å². The van der Waals surface area contributed by atoms with Gasteiger partial charge < -0.3 is 10.2 Å². The Morgan fingerprint density at radius 1 is 1.03 bits per heavy atom. The summed E-state index contributed by atoms with van der Waals surface area (Å²) < 4.78 is 0. The van der Waals surface area contributed by atoms with E-state index in [4.69, 9.17) is 23.2 Å². The van der Waals surface area contributed by atoms with E-state index in [1.165, 1.54) is 0 Å². The van der Waals surface area contributed by atoms with Crippen molar-refractivity contribution in [2.24, 2.45) is 0 Å². The van der Waals surface area contributed by atoms with E-state index in [1.54, 1.807) is 17.0 Å². The highest BCUT2D eigenvalue weighted by Crippen LogP contribution is 2.20. The van der Waals surface area contributed by atoms with E-state index >= 15 is 0 Å². The molecule has 1 unspecified atom stereocenters. The van der Waals surface area contributed by atoms with Gasteiger partial charge in [0.2, 0.25) is 11.8 Å². The van der Waals surface area contributed by atoms with Gasteiger partial charge >= 0.3 is 0 Å². The molecule has 0 spiro atoms. The molecule has 4 nitrogen and oxygen atoms in total. The maximum atomic E-state index is 13.2.